The molecule has 152 valence electrons. The van der Waals surface area contributed by atoms with E-state index in [0.29, 0.717) is 29.1 Å². The first-order valence-electron chi connectivity index (χ1n) is 9.30. The molecule has 1 fully saturated rings. The number of anilines is 1. The fourth-order valence-electron chi connectivity index (χ4n) is 3.36. The number of Topliss-reactive ketones (excluding diaryl/α,β-unsaturated/α-hetero) is 1. The molecule has 0 bridgehead atoms. The fraction of sp³-hybridized carbons (Fsp3) is 0.300. The van der Waals surface area contributed by atoms with Crippen molar-refractivity contribution in [3.05, 3.63) is 53.3 Å². The summed E-state index contributed by atoms with van der Waals surface area (Å²) in [6.07, 6.45) is 2.12. The molecule has 4 amide bonds. The lowest BCUT2D eigenvalue weighted by molar-refractivity contribution is 0.0932. The topological polar surface area (TPSA) is 146 Å². The number of aromatic nitrogens is 1. The number of ketones is 1. The summed E-state index contributed by atoms with van der Waals surface area (Å²) in [6.45, 7) is 1.43. The van der Waals surface area contributed by atoms with Crippen molar-refractivity contribution in [2.75, 3.05) is 5.32 Å². The third-order valence-electron chi connectivity index (χ3n) is 4.83. The zero-order valence-electron chi connectivity index (χ0n) is 16.0. The van der Waals surface area contributed by atoms with Gasteiger partial charge in [-0.2, -0.15) is 0 Å². The minimum atomic E-state index is -0.668. The summed E-state index contributed by atoms with van der Waals surface area (Å²) in [7, 11) is 0. The zero-order chi connectivity index (χ0) is 21.0. The van der Waals surface area contributed by atoms with Gasteiger partial charge in [0.1, 0.15) is 5.69 Å². The minimum absolute atomic E-state index is 0.0485. The first-order chi connectivity index (χ1) is 13.8. The van der Waals surface area contributed by atoms with Crippen LogP contribution in [0, 0.1) is 0 Å². The highest BCUT2D eigenvalue weighted by molar-refractivity contribution is 5.97. The lowest BCUT2D eigenvalue weighted by atomic mass is 10.1. The second-order valence-corrected chi connectivity index (χ2v) is 7.06. The van der Waals surface area contributed by atoms with Gasteiger partial charge >= 0.3 is 6.03 Å². The molecule has 1 saturated carbocycles. The van der Waals surface area contributed by atoms with E-state index in [4.69, 9.17) is 5.73 Å². The number of primary amides is 1. The van der Waals surface area contributed by atoms with Crippen LogP contribution in [0.3, 0.4) is 0 Å². The van der Waals surface area contributed by atoms with Crippen LogP contribution in [-0.4, -0.2) is 40.7 Å². The van der Waals surface area contributed by atoms with E-state index < -0.39 is 6.03 Å². The Bertz CT molecular complexity index is 935. The Kier molecular flexibility index (Phi) is 5.96. The van der Waals surface area contributed by atoms with Gasteiger partial charge in [0.15, 0.2) is 5.78 Å². The first-order valence-corrected chi connectivity index (χ1v) is 9.30. The van der Waals surface area contributed by atoms with E-state index in [1.807, 2.05) is 0 Å². The SMILES string of the molecule is CC(=O)c1ccc(C(=O)N[C@@H]2CC[C@H](NC(=O)c3ccc(NC(N)=O)cc3)C2)[nH]1. The van der Waals surface area contributed by atoms with Gasteiger partial charge in [0.2, 0.25) is 0 Å². The standard InChI is InChI=1S/C20H23N5O4/c1-11(26)16-8-9-17(25-16)19(28)23-15-7-6-14(10-15)22-18(27)12-2-4-13(5-3-12)24-20(21)29/h2-5,8-9,14-15,25H,6-7,10H2,1H3,(H,22,27)(H,23,28)(H3,21,24,29)/t14-,15+/m0/s1. The van der Waals surface area contributed by atoms with E-state index in [1.165, 1.54) is 6.92 Å². The molecule has 0 saturated heterocycles. The maximum atomic E-state index is 12.4. The largest absolute Gasteiger partial charge is 0.351 e. The lowest BCUT2D eigenvalue weighted by Crippen LogP contribution is -2.37. The second-order valence-electron chi connectivity index (χ2n) is 7.06. The number of rotatable bonds is 6. The Balaban J connectivity index is 1.50. The van der Waals surface area contributed by atoms with Crippen molar-refractivity contribution in [2.45, 2.75) is 38.3 Å². The third-order valence-corrected chi connectivity index (χ3v) is 4.83. The number of nitrogens with one attached hydrogen (secondary N) is 4. The fourth-order valence-corrected chi connectivity index (χ4v) is 3.36. The van der Waals surface area contributed by atoms with Gasteiger partial charge < -0.3 is 26.7 Å². The van der Waals surface area contributed by atoms with E-state index in [0.717, 1.165) is 12.8 Å². The van der Waals surface area contributed by atoms with Crippen molar-refractivity contribution in [3.63, 3.8) is 0 Å². The molecular formula is C20H23N5O4. The van der Waals surface area contributed by atoms with Crippen LogP contribution < -0.4 is 21.7 Å². The van der Waals surface area contributed by atoms with Crippen molar-refractivity contribution in [2.24, 2.45) is 5.73 Å². The molecule has 1 aromatic heterocycles. The van der Waals surface area contributed by atoms with Crippen LogP contribution in [0.4, 0.5) is 10.5 Å². The van der Waals surface area contributed by atoms with E-state index in [9.17, 15) is 19.2 Å². The van der Waals surface area contributed by atoms with Gasteiger partial charge in [-0.25, -0.2) is 4.79 Å². The summed E-state index contributed by atoms with van der Waals surface area (Å²) in [6, 6.07) is 8.80. The number of hydrogen-bond acceptors (Lipinski definition) is 4. The van der Waals surface area contributed by atoms with Crippen LogP contribution in [0.25, 0.3) is 0 Å². The highest BCUT2D eigenvalue weighted by Gasteiger charge is 2.28. The number of urea groups is 1. The maximum Gasteiger partial charge on any atom is 0.316 e. The van der Waals surface area contributed by atoms with Gasteiger partial charge in [-0.15, -0.1) is 0 Å². The van der Waals surface area contributed by atoms with Crippen LogP contribution in [0.2, 0.25) is 0 Å². The van der Waals surface area contributed by atoms with Crippen LogP contribution in [-0.2, 0) is 0 Å². The molecule has 3 rings (SSSR count). The van der Waals surface area contributed by atoms with Crippen molar-refractivity contribution in [3.8, 4) is 0 Å². The molecule has 0 unspecified atom stereocenters. The molecule has 2 atom stereocenters. The number of carbonyl (C=O) groups excluding carboxylic acids is 4. The smallest absolute Gasteiger partial charge is 0.316 e. The Morgan fingerprint density at radius 1 is 0.897 bits per heavy atom. The number of amides is 4. The first kappa shape index (κ1) is 20.1. The molecule has 0 radical (unpaired) electrons. The van der Waals surface area contributed by atoms with Gasteiger partial charge in [-0.3, -0.25) is 14.4 Å². The molecule has 6 N–H and O–H groups in total. The summed E-state index contributed by atoms with van der Waals surface area (Å²) in [4.78, 5) is 49.7. The third kappa shape index (κ3) is 5.22. The van der Waals surface area contributed by atoms with Crippen molar-refractivity contribution < 1.29 is 19.2 Å². The molecule has 0 spiro atoms. The normalized spacial score (nSPS) is 18.1. The summed E-state index contributed by atoms with van der Waals surface area (Å²) in [5.74, 6) is -0.624. The van der Waals surface area contributed by atoms with Crippen molar-refractivity contribution >= 4 is 29.3 Å². The minimum Gasteiger partial charge on any atom is -0.351 e. The molecule has 1 aromatic carbocycles. The quantitative estimate of drug-likeness (QED) is 0.473. The van der Waals surface area contributed by atoms with E-state index in [1.54, 1.807) is 36.4 Å². The summed E-state index contributed by atoms with van der Waals surface area (Å²) >= 11 is 0. The van der Waals surface area contributed by atoms with Crippen LogP contribution in [0.5, 0.6) is 0 Å². The van der Waals surface area contributed by atoms with Crippen molar-refractivity contribution in [1.29, 1.82) is 0 Å². The van der Waals surface area contributed by atoms with Gasteiger partial charge in [0, 0.05) is 30.3 Å². The summed E-state index contributed by atoms with van der Waals surface area (Å²) in [5.41, 5.74) is 6.76. The molecule has 9 nitrogen and oxygen atoms in total. The zero-order valence-corrected chi connectivity index (χ0v) is 16.0. The highest BCUT2D eigenvalue weighted by Crippen LogP contribution is 2.20. The van der Waals surface area contributed by atoms with Crippen molar-refractivity contribution in [1.82, 2.24) is 15.6 Å². The number of hydrogen-bond donors (Lipinski definition) is 5. The Hall–Kier alpha value is -3.62. The number of benzene rings is 1. The number of H-pyrrole nitrogens is 1. The number of aromatic amines is 1. The number of nitrogens with two attached hydrogens (primary N) is 1. The molecule has 0 aliphatic heterocycles. The van der Waals surface area contributed by atoms with Crippen LogP contribution in [0.15, 0.2) is 36.4 Å². The molecule has 9 heteroatoms. The maximum absolute atomic E-state index is 12.4. The molecule has 1 aliphatic carbocycles. The molecular weight excluding hydrogens is 374 g/mol. The highest BCUT2D eigenvalue weighted by atomic mass is 16.2. The van der Waals surface area contributed by atoms with Crippen LogP contribution in [0.1, 0.15) is 57.5 Å². The molecule has 2 aromatic rings. The predicted octanol–water partition coefficient (Wildman–Crippen LogP) is 1.79. The predicted molar refractivity (Wildman–Crippen MR) is 107 cm³/mol. The average Bonchev–Trinajstić information content (AvgIpc) is 3.31. The lowest BCUT2D eigenvalue weighted by Gasteiger charge is -2.15. The van der Waals surface area contributed by atoms with Crippen LogP contribution >= 0.6 is 0 Å². The van der Waals surface area contributed by atoms with Gasteiger partial charge in [-0.05, 0) is 55.7 Å². The number of carbonyl (C=O) groups is 4. The van der Waals surface area contributed by atoms with Gasteiger partial charge in [0.05, 0.1) is 5.69 Å². The molecule has 1 heterocycles. The Morgan fingerprint density at radius 3 is 2.03 bits per heavy atom. The van der Waals surface area contributed by atoms with Gasteiger partial charge in [0.25, 0.3) is 11.8 Å². The molecule has 29 heavy (non-hydrogen) atoms. The van der Waals surface area contributed by atoms with Gasteiger partial charge in [-0.1, -0.05) is 0 Å². The summed E-state index contributed by atoms with van der Waals surface area (Å²) in [5, 5.41) is 8.33. The Labute approximate surface area is 167 Å². The van der Waals surface area contributed by atoms with E-state index in [2.05, 4.69) is 20.9 Å². The Morgan fingerprint density at radius 2 is 1.48 bits per heavy atom. The van der Waals surface area contributed by atoms with E-state index in [-0.39, 0.29) is 29.7 Å². The monoisotopic (exact) mass is 397 g/mol. The van der Waals surface area contributed by atoms with E-state index >= 15 is 0 Å². The summed E-state index contributed by atoms with van der Waals surface area (Å²) < 4.78 is 0. The average molecular weight is 397 g/mol. The second kappa shape index (κ2) is 8.59. The molecule has 1 aliphatic rings.